The molecule has 3 saturated carbocycles. The molecule has 0 radical (unpaired) electrons. The molecule has 0 saturated heterocycles. The van der Waals surface area contributed by atoms with E-state index in [1.807, 2.05) is 0 Å². The summed E-state index contributed by atoms with van der Waals surface area (Å²) in [5, 5.41) is 9.52. The highest BCUT2D eigenvalue weighted by atomic mass is 14.4. The van der Waals surface area contributed by atoms with Crippen LogP contribution >= 0.6 is 0 Å². The van der Waals surface area contributed by atoms with Gasteiger partial charge < -0.3 is 0 Å². The largest absolute Gasteiger partial charge is 0.198 e. The summed E-state index contributed by atoms with van der Waals surface area (Å²) in [7, 11) is 0. The van der Waals surface area contributed by atoms with Gasteiger partial charge in [-0.1, -0.05) is 58.3 Å². The molecule has 2 unspecified atom stereocenters. The Balaban J connectivity index is 1.39. The summed E-state index contributed by atoms with van der Waals surface area (Å²) in [4.78, 5) is 0. The molecule has 0 aromatic rings. The van der Waals surface area contributed by atoms with Crippen molar-refractivity contribution in [1.29, 1.82) is 5.26 Å². The molecule has 0 aromatic heterocycles. The maximum atomic E-state index is 9.52. The zero-order valence-electron chi connectivity index (χ0n) is 17.6. The minimum atomic E-state index is -0.0179. The SMILES string of the molecule is CCCCCC1CCC(C2CCC(C3CCCC(C)(C#N)C3)CC2)CC1. The summed E-state index contributed by atoms with van der Waals surface area (Å²) < 4.78 is 0. The van der Waals surface area contributed by atoms with Crippen LogP contribution in [0.15, 0.2) is 0 Å². The number of hydrogen-bond donors (Lipinski definition) is 0. The fraction of sp³-hybridized carbons (Fsp3) is 0.960. The van der Waals surface area contributed by atoms with E-state index in [-0.39, 0.29) is 5.41 Å². The first-order valence-corrected chi connectivity index (χ1v) is 12.0. The predicted octanol–water partition coefficient (Wildman–Crippen LogP) is 7.90. The predicted molar refractivity (Wildman–Crippen MR) is 111 cm³/mol. The lowest BCUT2D eigenvalue weighted by atomic mass is 9.62. The van der Waals surface area contributed by atoms with Crippen LogP contribution < -0.4 is 0 Å². The normalized spacial score (nSPS) is 41.5. The number of rotatable bonds is 6. The van der Waals surface area contributed by atoms with Crippen molar-refractivity contribution in [2.75, 3.05) is 0 Å². The van der Waals surface area contributed by atoms with Gasteiger partial charge in [-0.25, -0.2) is 0 Å². The van der Waals surface area contributed by atoms with E-state index in [2.05, 4.69) is 19.9 Å². The van der Waals surface area contributed by atoms with E-state index in [4.69, 9.17) is 0 Å². The minimum Gasteiger partial charge on any atom is -0.198 e. The zero-order valence-corrected chi connectivity index (χ0v) is 17.6. The summed E-state index contributed by atoms with van der Waals surface area (Å²) >= 11 is 0. The van der Waals surface area contributed by atoms with Crippen molar-refractivity contribution in [3.05, 3.63) is 0 Å². The molecule has 0 bridgehead atoms. The second-order valence-corrected chi connectivity index (χ2v) is 10.5. The molecule has 26 heavy (non-hydrogen) atoms. The summed E-state index contributed by atoms with van der Waals surface area (Å²) in [5.74, 6) is 4.93. The standard InChI is InChI=1S/C25H43N/c1-3-4-5-7-20-9-11-21(12-10-20)22-13-15-23(16-14-22)24-8-6-17-25(2,18-24)19-26/h20-24H,3-18H2,1-2H3. The summed E-state index contributed by atoms with van der Waals surface area (Å²) in [6.45, 7) is 4.53. The first-order valence-electron chi connectivity index (χ1n) is 12.0. The van der Waals surface area contributed by atoms with Gasteiger partial charge in [0.1, 0.15) is 0 Å². The summed E-state index contributed by atoms with van der Waals surface area (Å²) in [6, 6.07) is 2.63. The topological polar surface area (TPSA) is 23.8 Å². The van der Waals surface area contributed by atoms with E-state index < -0.39 is 0 Å². The van der Waals surface area contributed by atoms with Gasteiger partial charge in [0.2, 0.25) is 0 Å². The molecule has 0 aromatic carbocycles. The fourth-order valence-electron chi connectivity index (χ4n) is 6.76. The number of nitriles is 1. The second-order valence-electron chi connectivity index (χ2n) is 10.5. The average molecular weight is 358 g/mol. The van der Waals surface area contributed by atoms with Gasteiger partial charge in [0.05, 0.1) is 11.5 Å². The molecule has 0 N–H and O–H groups in total. The lowest BCUT2D eigenvalue weighted by Crippen LogP contribution is -2.32. The highest BCUT2D eigenvalue weighted by molar-refractivity contribution is 5.00. The monoisotopic (exact) mass is 357 g/mol. The third-order valence-electron chi connectivity index (χ3n) is 8.54. The van der Waals surface area contributed by atoms with E-state index >= 15 is 0 Å². The van der Waals surface area contributed by atoms with Gasteiger partial charge in [-0.3, -0.25) is 0 Å². The molecular formula is C25H43N. The van der Waals surface area contributed by atoms with Crippen molar-refractivity contribution in [2.24, 2.45) is 35.0 Å². The van der Waals surface area contributed by atoms with E-state index in [9.17, 15) is 5.26 Å². The Morgan fingerprint density at radius 2 is 1.38 bits per heavy atom. The molecule has 2 atom stereocenters. The molecule has 3 fully saturated rings. The van der Waals surface area contributed by atoms with Gasteiger partial charge in [0, 0.05) is 0 Å². The summed E-state index contributed by atoms with van der Waals surface area (Å²) in [6.07, 6.45) is 22.8. The maximum Gasteiger partial charge on any atom is 0.0686 e. The molecule has 1 nitrogen and oxygen atoms in total. The van der Waals surface area contributed by atoms with E-state index in [1.54, 1.807) is 0 Å². The second kappa shape index (κ2) is 9.61. The molecular weight excluding hydrogens is 314 g/mol. The summed E-state index contributed by atoms with van der Waals surface area (Å²) in [5.41, 5.74) is -0.0179. The third-order valence-corrected chi connectivity index (χ3v) is 8.54. The Morgan fingerprint density at radius 1 is 0.808 bits per heavy atom. The van der Waals surface area contributed by atoms with Crippen molar-refractivity contribution in [3.8, 4) is 6.07 Å². The lowest BCUT2D eigenvalue weighted by Gasteiger charge is -2.42. The molecule has 3 aliphatic rings. The Bertz CT molecular complexity index is 447. The van der Waals surface area contributed by atoms with Gasteiger partial charge >= 0.3 is 0 Å². The van der Waals surface area contributed by atoms with Crippen LogP contribution in [0.2, 0.25) is 0 Å². The average Bonchev–Trinajstić information content (AvgIpc) is 2.69. The maximum absolute atomic E-state index is 9.52. The van der Waals surface area contributed by atoms with Crippen LogP contribution in [0.1, 0.15) is 117 Å². The molecule has 0 heterocycles. The molecule has 3 aliphatic carbocycles. The van der Waals surface area contributed by atoms with Crippen LogP contribution in [0.3, 0.4) is 0 Å². The molecule has 148 valence electrons. The third kappa shape index (κ3) is 5.27. The van der Waals surface area contributed by atoms with Gasteiger partial charge in [0.25, 0.3) is 0 Å². The number of hydrogen-bond acceptors (Lipinski definition) is 1. The van der Waals surface area contributed by atoms with Crippen molar-refractivity contribution in [2.45, 2.75) is 117 Å². The minimum absolute atomic E-state index is 0.0179. The Labute approximate surface area is 163 Å². The van der Waals surface area contributed by atoms with Gasteiger partial charge in [-0.2, -0.15) is 5.26 Å². The smallest absolute Gasteiger partial charge is 0.0686 e. The lowest BCUT2D eigenvalue weighted by molar-refractivity contribution is 0.0900. The Morgan fingerprint density at radius 3 is 1.96 bits per heavy atom. The molecule has 0 aliphatic heterocycles. The van der Waals surface area contributed by atoms with Crippen molar-refractivity contribution in [1.82, 2.24) is 0 Å². The van der Waals surface area contributed by atoms with Crippen LogP contribution in [-0.4, -0.2) is 0 Å². The molecule has 0 spiro atoms. The van der Waals surface area contributed by atoms with E-state index in [1.165, 1.54) is 96.3 Å². The first kappa shape index (κ1) is 20.2. The van der Waals surface area contributed by atoms with E-state index in [0.29, 0.717) is 0 Å². The Kier molecular flexibility index (Phi) is 7.48. The van der Waals surface area contributed by atoms with Gasteiger partial charge in [-0.05, 0) is 87.9 Å². The zero-order chi connectivity index (χ0) is 18.4. The van der Waals surface area contributed by atoms with Crippen molar-refractivity contribution < 1.29 is 0 Å². The van der Waals surface area contributed by atoms with Crippen LogP contribution in [-0.2, 0) is 0 Å². The van der Waals surface area contributed by atoms with Crippen LogP contribution in [0.25, 0.3) is 0 Å². The highest BCUT2D eigenvalue weighted by Crippen LogP contribution is 2.48. The quantitative estimate of drug-likeness (QED) is 0.443. The van der Waals surface area contributed by atoms with Crippen molar-refractivity contribution in [3.63, 3.8) is 0 Å². The van der Waals surface area contributed by atoms with Gasteiger partial charge in [0.15, 0.2) is 0 Å². The van der Waals surface area contributed by atoms with Crippen LogP contribution in [0.5, 0.6) is 0 Å². The van der Waals surface area contributed by atoms with Crippen molar-refractivity contribution >= 4 is 0 Å². The number of unbranched alkanes of at least 4 members (excludes halogenated alkanes) is 2. The van der Waals surface area contributed by atoms with Crippen LogP contribution in [0.4, 0.5) is 0 Å². The Hall–Kier alpha value is -0.510. The van der Waals surface area contributed by atoms with E-state index in [0.717, 1.165) is 36.0 Å². The van der Waals surface area contributed by atoms with Gasteiger partial charge in [-0.15, -0.1) is 0 Å². The first-order chi connectivity index (χ1) is 12.6. The fourth-order valence-corrected chi connectivity index (χ4v) is 6.76. The number of nitrogens with zero attached hydrogens (tertiary/aromatic N) is 1. The molecule has 0 amide bonds. The molecule has 3 rings (SSSR count). The van der Waals surface area contributed by atoms with Crippen LogP contribution in [0, 0.1) is 46.3 Å². The molecule has 1 heteroatoms. The highest BCUT2D eigenvalue weighted by Gasteiger charge is 2.38.